The van der Waals surface area contributed by atoms with E-state index in [2.05, 4.69) is 5.32 Å². The van der Waals surface area contributed by atoms with Crippen molar-refractivity contribution in [1.82, 2.24) is 9.80 Å². The third kappa shape index (κ3) is 6.17. The van der Waals surface area contributed by atoms with Crippen molar-refractivity contribution in [3.8, 4) is 5.75 Å². The lowest BCUT2D eigenvalue weighted by atomic mass is 10.0. The molecule has 0 unspecified atom stereocenters. The second kappa shape index (κ2) is 10.00. The molecule has 1 aromatic carbocycles. The molecule has 0 atom stereocenters. The number of likely N-dealkylation sites (tertiary alicyclic amines) is 1. The van der Waals surface area contributed by atoms with E-state index in [9.17, 15) is 19.7 Å². The van der Waals surface area contributed by atoms with Gasteiger partial charge in [-0.2, -0.15) is 0 Å². The molecule has 0 radical (unpaired) electrons. The number of anilines is 1. The molecule has 1 heterocycles. The Bertz CT molecular complexity index is 718. The predicted octanol–water partition coefficient (Wildman–Crippen LogP) is 1.41. The minimum Gasteiger partial charge on any atom is -0.494 e. The standard InChI is InChI=1S/C18H26N4O6/c1-3-28-14-4-5-15(16(10-14)22(26)27)19-17(23)11-21-8-6-13(7-9-21)20(2)12-18(24)25/h4-5,10,13H,3,6-9,11-12H2,1-2H3,(H,19,23)(H,24,25). The lowest BCUT2D eigenvalue weighted by Gasteiger charge is -2.35. The molecule has 1 fully saturated rings. The Morgan fingerprint density at radius 2 is 2.07 bits per heavy atom. The van der Waals surface area contributed by atoms with Gasteiger partial charge in [0.2, 0.25) is 5.91 Å². The minimum atomic E-state index is -0.860. The van der Waals surface area contributed by atoms with Gasteiger partial charge in [-0.1, -0.05) is 0 Å². The third-order valence-corrected chi connectivity index (χ3v) is 4.68. The highest BCUT2D eigenvalue weighted by Crippen LogP contribution is 2.29. The molecule has 0 aliphatic carbocycles. The van der Waals surface area contributed by atoms with E-state index in [1.54, 1.807) is 20.0 Å². The molecule has 1 aromatic rings. The normalized spacial score (nSPS) is 15.4. The molecule has 10 nitrogen and oxygen atoms in total. The number of carbonyl (C=O) groups is 2. The number of piperidine rings is 1. The average Bonchev–Trinajstić information content (AvgIpc) is 2.63. The van der Waals surface area contributed by atoms with E-state index in [4.69, 9.17) is 9.84 Å². The topological polar surface area (TPSA) is 125 Å². The molecule has 1 amide bonds. The Hall–Kier alpha value is -2.72. The quantitative estimate of drug-likeness (QED) is 0.476. The summed E-state index contributed by atoms with van der Waals surface area (Å²) in [4.78, 5) is 37.6. The number of nitrogens with zero attached hydrogens (tertiary/aromatic N) is 3. The van der Waals surface area contributed by atoms with Gasteiger partial charge in [-0.15, -0.1) is 0 Å². The highest BCUT2D eigenvalue weighted by molar-refractivity contribution is 5.94. The van der Waals surface area contributed by atoms with Crippen molar-refractivity contribution in [2.45, 2.75) is 25.8 Å². The monoisotopic (exact) mass is 394 g/mol. The van der Waals surface area contributed by atoms with Crippen LogP contribution < -0.4 is 10.1 Å². The van der Waals surface area contributed by atoms with Crippen molar-refractivity contribution in [2.24, 2.45) is 0 Å². The largest absolute Gasteiger partial charge is 0.494 e. The van der Waals surface area contributed by atoms with Gasteiger partial charge in [0.1, 0.15) is 11.4 Å². The second-order valence-electron chi connectivity index (χ2n) is 6.73. The number of nitro benzene ring substituents is 1. The van der Waals surface area contributed by atoms with Gasteiger partial charge in [0.05, 0.1) is 30.7 Å². The number of hydrogen-bond acceptors (Lipinski definition) is 7. The third-order valence-electron chi connectivity index (χ3n) is 4.68. The fourth-order valence-electron chi connectivity index (χ4n) is 3.28. The van der Waals surface area contributed by atoms with E-state index in [0.717, 1.165) is 12.8 Å². The number of amides is 1. The summed E-state index contributed by atoms with van der Waals surface area (Å²) in [6, 6.07) is 4.51. The SMILES string of the molecule is CCOc1ccc(NC(=O)CN2CCC(N(C)CC(=O)O)CC2)c([N+](=O)[O-])c1. The van der Waals surface area contributed by atoms with Crippen LogP contribution in [0.3, 0.4) is 0 Å². The molecule has 10 heteroatoms. The number of carboxylic acids is 1. The number of likely N-dealkylation sites (N-methyl/N-ethyl adjacent to an activating group) is 1. The van der Waals surface area contributed by atoms with Crippen LogP contribution in [-0.4, -0.2) is 77.6 Å². The van der Waals surface area contributed by atoms with Crippen LogP contribution in [0.1, 0.15) is 19.8 Å². The minimum absolute atomic E-state index is 0.00738. The fraction of sp³-hybridized carbons (Fsp3) is 0.556. The van der Waals surface area contributed by atoms with Crippen LogP contribution in [0.2, 0.25) is 0 Å². The first kappa shape index (κ1) is 21.6. The summed E-state index contributed by atoms with van der Waals surface area (Å²) >= 11 is 0. The molecular weight excluding hydrogens is 368 g/mol. The summed E-state index contributed by atoms with van der Waals surface area (Å²) in [5, 5.41) is 22.7. The number of nitro groups is 1. The maximum Gasteiger partial charge on any atom is 0.317 e. The number of ether oxygens (including phenoxy) is 1. The molecule has 0 aromatic heterocycles. The van der Waals surface area contributed by atoms with E-state index in [0.29, 0.717) is 25.4 Å². The predicted molar refractivity (Wildman–Crippen MR) is 103 cm³/mol. The molecule has 0 spiro atoms. The van der Waals surface area contributed by atoms with Crippen molar-refractivity contribution >= 4 is 23.3 Å². The van der Waals surface area contributed by atoms with Gasteiger partial charge in [-0.05, 0) is 38.9 Å². The van der Waals surface area contributed by atoms with Crippen LogP contribution in [0, 0.1) is 10.1 Å². The molecule has 1 aliphatic rings. The van der Waals surface area contributed by atoms with Gasteiger partial charge in [-0.25, -0.2) is 0 Å². The Morgan fingerprint density at radius 1 is 1.39 bits per heavy atom. The van der Waals surface area contributed by atoms with Gasteiger partial charge in [-0.3, -0.25) is 29.5 Å². The van der Waals surface area contributed by atoms with Crippen LogP contribution in [0.25, 0.3) is 0 Å². The summed E-state index contributed by atoms with van der Waals surface area (Å²) in [5.74, 6) is -0.814. The van der Waals surface area contributed by atoms with E-state index in [-0.39, 0.29) is 36.4 Å². The fourth-order valence-corrected chi connectivity index (χ4v) is 3.28. The molecule has 154 valence electrons. The van der Waals surface area contributed by atoms with E-state index >= 15 is 0 Å². The lowest BCUT2D eigenvalue weighted by Crippen LogP contribution is -2.46. The Morgan fingerprint density at radius 3 is 2.64 bits per heavy atom. The Balaban J connectivity index is 1.89. The lowest BCUT2D eigenvalue weighted by molar-refractivity contribution is -0.384. The first-order valence-corrected chi connectivity index (χ1v) is 9.15. The molecule has 0 bridgehead atoms. The van der Waals surface area contributed by atoms with E-state index in [1.807, 2.05) is 9.80 Å². The van der Waals surface area contributed by atoms with Crippen LogP contribution in [0.15, 0.2) is 18.2 Å². The van der Waals surface area contributed by atoms with Crippen molar-refractivity contribution in [3.05, 3.63) is 28.3 Å². The summed E-state index contributed by atoms with van der Waals surface area (Å²) in [7, 11) is 1.78. The van der Waals surface area contributed by atoms with Crippen molar-refractivity contribution in [2.75, 3.05) is 45.2 Å². The zero-order chi connectivity index (χ0) is 20.7. The number of hydrogen-bond donors (Lipinski definition) is 2. The zero-order valence-corrected chi connectivity index (χ0v) is 16.1. The molecular formula is C18H26N4O6. The molecule has 2 rings (SSSR count). The van der Waals surface area contributed by atoms with E-state index in [1.165, 1.54) is 12.1 Å². The van der Waals surface area contributed by atoms with Gasteiger partial charge in [0.15, 0.2) is 0 Å². The first-order chi connectivity index (χ1) is 13.3. The number of benzene rings is 1. The van der Waals surface area contributed by atoms with Crippen molar-refractivity contribution in [3.63, 3.8) is 0 Å². The van der Waals surface area contributed by atoms with Crippen molar-refractivity contribution < 1.29 is 24.4 Å². The number of nitrogens with one attached hydrogen (secondary N) is 1. The van der Waals surface area contributed by atoms with Gasteiger partial charge < -0.3 is 15.2 Å². The Kier molecular flexibility index (Phi) is 7.70. The second-order valence-corrected chi connectivity index (χ2v) is 6.73. The molecule has 1 saturated heterocycles. The van der Waals surface area contributed by atoms with Crippen LogP contribution in [0.4, 0.5) is 11.4 Å². The smallest absolute Gasteiger partial charge is 0.317 e. The van der Waals surface area contributed by atoms with Crippen LogP contribution in [-0.2, 0) is 9.59 Å². The zero-order valence-electron chi connectivity index (χ0n) is 16.1. The summed E-state index contributed by atoms with van der Waals surface area (Å²) in [5.41, 5.74) is -0.0807. The van der Waals surface area contributed by atoms with E-state index < -0.39 is 10.9 Å². The van der Waals surface area contributed by atoms with Gasteiger partial charge in [0, 0.05) is 19.1 Å². The number of aliphatic carboxylic acids is 1. The first-order valence-electron chi connectivity index (χ1n) is 9.15. The van der Waals surface area contributed by atoms with Gasteiger partial charge >= 0.3 is 5.97 Å². The number of rotatable bonds is 9. The summed E-state index contributed by atoms with van der Waals surface area (Å²) in [6.07, 6.45) is 1.53. The van der Waals surface area contributed by atoms with Gasteiger partial charge in [0.25, 0.3) is 5.69 Å². The number of carbonyl (C=O) groups excluding carboxylic acids is 1. The maximum atomic E-state index is 12.3. The van der Waals surface area contributed by atoms with Crippen LogP contribution in [0.5, 0.6) is 5.75 Å². The highest BCUT2D eigenvalue weighted by atomic mass is 16.6. The highest BCUT2D eigenvalue weighted by Gasteiger charge is 2.25. The summed E-state index contributed by atoms with van der Waals surface area (Å²) < 4.78 is 5.27. The molecule has 28 heavy (non-hydrogen) atoms. The molecule has 2 N–H and O–H groups in total. The molecule has 1 aliphatic heterocycles. The maximum absolute atomic E-state index is 12.3. The van der Waals surface area contributed by atoms with Crippen molar-refractivity contribution in [1.29, 1.82) is 0 Å². The number of carboxylic acid groups (broad SMARTS) is 1. The molecule has 0 saturated carbocycles. The summed E-state index contributed by atoms with van der Waals surface area (Å²) in [6.45, 7) is 3.61. The average molecular weight is 394 g/mol. The Labute approximate surface area is 163 Å². The van der Waals surface area contributed by atoms with Crippen LogP contribution >= 0.6 is 0 Å².